The van der Waals surface area contributed by atoms with Crippen LogP contribution in [0.3, 0.4) is 0 Å². The Morgan fingerprint density at radius 3 is 2.08 bits per heavy atom. The maximum Gasteiger partial charge on any atom is 0.407 e. The minimum atomic E-state index is -1.10. The van der Waals surface area contributed by atoms with Crippen molar-refractivity contribution in [3.05, 3.63) is 78.5 Å². The van der Waals surface area contributed by atoms with Crippen LogP contribution >= 0.6 is 11.8 Å². The molecule has 1 aliphatic rings. The number of nitrogens with one attached hydrogen (secondary N) is 1. The topological polar surface area (TPSA) is 140 Å². The fourth-order valence-corrected chi connectivity index (χ4v) is 5.06. The molecule has 39 heavy (non-hydrogen) atoms. The number of hydrogen-bond acceptors (Lipinski definition) is 6. The number of amides is 3. The van der Waals surface area contributed by atoms with E-state index in [9.17, 15) is 29.4 Å². The minimum Gasteiger partial charge on any atom is -0.481 e. The molecule has 3 N–H and O–H groups in total. The summed E-state index contributed by atoms with van der Waals surface area (Å²) >= 11 is 1.47. The highest BCUT2D eigenvalue weighted by Crippen LogP contribution is 2.31. The maximum absolute atomic E-state index is 13.4. The number of piperazine rings is 1. The second-order valence-electron chi connectivity index (χ2n) is 8.91. The van der Waals surface area contributed by atoms with Gasteiger partial charge >= 0.3 is 12.1 Å². The lowest BCUT2D eigenvalue weighted by Crippen LogP contribution is -2.55. The van der Waals surface area contributed by atoms with Gasteiger partial charge in [-0.2, -0.15) is 0 Å². The van der Waals surface area contributed by atoms with Gasteiger partial charge in [0.15, 0.2) is 0 Å². The average Bonchev–Trinajstić information content (AvgIpc) is 2.95. The van der Waals surface area contributed by atoms with Crippen molar-refractivity contribution < 1.29 is 29.4 Å². The predicted molar refractivity (Wildman–Crippen MR) is 145 cm³/mol. The van der Waals surface area contributed by atoms with E-state index in [0.29, 0.717) is 5.69 Å². The van der Waals surface area contributed by atoms with Gasteiger partial charge in [0.2, 0.25) is 5.91 Å². The first-order valence-corrected chi connectivity index (χ1v) is 13.2. The van der Waals surface area contributed by atoms with Gasteiger partial charge in [0.1, 0.15) is 11.7 Å². The van der Waals surface area contributed by atoms with E-state index < -0.39 is 29.9 Å². The molecule has 0 radical (unpaired) electrons. The van der Waals surface area contributed by atoms with Crippen LogP contribution in [0.2, 0.25) is 0 Å². The Bertz CT molecular complexity index is 1330. The molecule has 1 aromatic heterocycles. The van der Waals surface area contributed by atoms with Gasteiger partial charge in [-0.05, 0) is 30.7 Å². The second kappa shape index (κ2) is 12.9. The third kappa shape index (κ3) is 7.57. The lowest BCUT2D eigenvalue weighted by molar-refractivity contribution is -0.138. The first-order valence-electron chi connectivity index (χ1n) is 12.4. The van der Waals surface area contributed by atoms with E-state index in [1.54, 1.807) is 6.07 Å². The molecule has 1 atom stereocenters. The smallest absolute Gasteiger partial charge is 0.407 e. The number of rotatable bonds is 9. The van der Waals surface area contributed by atoms with Crippen LogP contribution in [-0.4, -0.2) is 81.1 Å². The number of carbonyl (C=O) groups excluding carboxylic acids is 2. The molecule has 10 nitrogen and oxygen atoms in total. The number of nitrogens with zero attached hydrogens (tertiary/aromatic N) is 3. The standard InChI is InChI=1S/C28H28N4O6S/c33-25(34)12-11-22(27(36)31-13-15-32(16-14-31)28(37)38)30-26(35)24-18-21(39-20-9-5-2-6-10-20)17-23(29-24)19-7-3-1-4-8-19/h1-10,17-18,22H,11-16H2,(H,30,35)(H,33,34)(H,37,38)/t22-/m0/s1. The molecule has 0 saturated carbocycles. The van der Waals surface area contributed by atoms with E-state index in [4.69, 9.17) is 0 Å². The number of aliphatic carboxylic acids is 1. The van der Waals surface area contributed by atoms with E-state index in [2.05, 4.69) is 10.3 Å². The normalized spacial score (nSPS) is 13.9. The van der Waals surface area contributed by atoms with Crippen molar-refractivity contribution in [2.75, 3.05) is 26.2 Å². The second-order valence-corrected chi connectivity index (χ2v) is 10.1. The largest absolute Gasteiger partial charge is 0.481 e. The molecular weight excluding hydrogens is 520 g/mol. The van der Waals surface area contributed by atoms with Gasteiger partial charge in [-0.15, -0.1) is 0 Å². The van der Waals surface area contributed by atoms with E-state index in [1.807, 2.05) is 66.7 Å². The molecule has 0 bridgehead atoms. The average molecular weight is 549 g/mol. The van der Waals surface area contributed by atoms with E-state index >= 15 is 0 Å². The van der Waals surface area contributed by atoms with Crippen molar-refractivity contribution in [3.63, 3.8) is 0 Å². The third-order valence-corrected chi connectivity index (χ3v) is 7.17. The molecule has 11 heteroatoms. The lowest BCUT2D eigenvalue weighted by Gasteiger charge is -2.35. The summed E-state index contributed by atoms with van der Waals surface area (Å²) in [7, 11) is 0. The van der Waals surface area contributed by atoms with Crippen LogP contribution in [-0.2, 0) is 9.59 Å². The highest BCUT2D eigenvalue weighted by atomic mass is 32.2. The molecule has 2 aromatic carbocycles. The summed E-state index contributed by atoms with van der Waals surface area (Å²) in [6.45, 7) is 0.594. The summed E-state index contributed by atoms with van der Waals surface area (Å²) in [6, 6.07) is 21.5. The first-order chi connectivity index (χ1) is 18.8. The van der Waals surface area contributed by atoms with Crippen LogP contribution in [0.5, 0.6) is 0 Å². The van der Waals surface area contributed by atoms with Gasteiger partial charge in [-0.25, -0.2) is 9.78 Å². The van der Waals surface area contributed by atoms with Crippen molar-refractivity contribution in [2.24, 2.45) is 0 Å². The molecule has 3 amide bonds. The van der Waals surface area contributed by atoms with Crippen LogP contribution in [0.15, 0.2) is 82.6 Å². The van der Waals surface area contributed by atoms with Crippen LogP contribution in [0.25, 0.3) is 11.3 Å². The zero-order valence-electron chi connectivity index (χ0n) is 21.0. The number of carbonyl (C=O) groups is 4. The number of aromatic nitrogens is 1. The number of pyridine rings is 1. The van der Waals surface area contributed by atoms with Gasteiger partial charge in [-0.1, -0.05) is 60.3 Å². The molecule has 1 fully saturated rings. The zero-order valence-corrected chi connectivity index (χ0v) is 21.8. The molecule has 3 aromatic rings. The van der Waals surface area contributed by atoms with Gasteiger partial charge < -0.3 is 25.3 Å². The number of carboxylic acid groups (broad SMARTS) is 2. The Balaban J connectivity index is 1.58. The Morgan fingerprint density at radius 1 is 0.846 bits per heavy atom. The first kappa shape index (κ1) is 27.6. The van der Waals surface area contributed by atoms with Crippen molar-refractivity contribution >= 4 is 35.6 Å². The molecular formula is C28H28N4O6S. The van der Waals surface area contributed by atoms with Crippen LogP contribution < -0.4 is 5.32 Å². The minimum absolute atomic E-state index is 0.0959. The van der Waals surface area contributed by atoms with Crippen molar-refractivity contribution in [3.8, 4) is 11.3 Å². The van der Waals surface area contributed by atoms with Crippen LogP contribution in [0.4, 0.5) is 4.79 Å². The highest BCUT2D eigenvalue weighted by molar-refractivity contribution is 7.99. The maximum atomic E-state index is 13.4. The fraction of sp³-hybridized carbons (Fsp3) is 0.250. The molecule has 0 unspecified atom stereocenters. The fourth-order valence-electron chi connectivity index (χ4n) is 4.16. The lowest BCUT2D eigenvalue weighted by atomic mass is 10.1. The third-order valence-electron chi connectivity index (χ3n) is 6.19. The summed E-state index contributed by atoms with van der Waals surface area (Å²) in [6.07, 6.45) is -1.49. The molecule has 4 rings (SSSR count). The predicted octanol–water partition coefficient (Wildman–Crippen LogP) is 3.69. The van der Waals surface area contributed by atoms with Gasteiger partial charge in [0.25, 0.3) is 5.91 Å². The molecule has 1 saturated heterocycles. The molecule has 2 heterocycles. The highest BCUT2D eigenvalue weighted by Gasteiger charge is 2.31. The summed E-state index contributed by atoms with van der Waals surface area (Å²) in [5, 5.41) is 21.1. The summed E-state index contributed by atoms with van der Waals surface area (Å²) < 4.78 is 0. The summed E-state index contributed by atoms with van der Waals surface area (Å²) in [5.74, 6) is -2.15. The summed E-state index contributed by atoms with van der Waals surface area (Å²) in [5.41, 5.74) is 1.50. The van der Waals surface area contributed by atoms with E-state index in [-0.39, 0.29) is 44.7 Å². The Kier molecular flexibility index (Phi) is 9.16. The van der Waals surface area contributed by atoms with Crippen molar-refractivity contribution in [1.82, 2.24) is 20.1 Å². The van der Waals surface area contributed by atoms with E-state index in [0.717, 1.165) is 15.4 Å². The number of benzene rings is 2. The van der Waals surface area contributed by atoms with Gasteiger partial charge in [-0.3, -0.25) is 14.4 Å². The SMILES string of the molecule is O=C(O)CC[C@H](NC(=O)c1cc(Sc2ccccc2)cc(-c2ccccc2)n1)C(=O)N1CCN(C(=O)O)CC1. The molecule has 1 aliphatic heterocycles. The Labute approximate surface area is 229 Å². The quantitative estimate of drug-likeness (QED) is 0.368. The molecule has 202 valence electrons. The van der Waals surface area contributed by atoms with E-state index in [1.165, 1.54) is 21.6 Å². The Hall–Kier alpha value is -4.38. The molecule has 0 aliphatic carbocycles. The Morgan fingerprint density at radius 2 is 1.46 bits per heavy atom. The van der Waals surface area contributed by atoms with Crippen LogP contribution in [0.1, 0.15) is 23.3 Å². The monoisotopic (exact) mass is 548 g/mol. The van der Waals surface area contributed by atoms with Crippen LogP contribution in [0, 0.1) is 0 Å². The zero-order chi connectivity index (χ0) is 27.8. The van der Waals surface area contributed by atoms with Crippen molar-refractivity contribution in [1.29, 1.82) is 0 Å². The molecule has 0 spiro atoms. The van der Waals surface area contributed by atoms with Gasteiger partial charge in [0.05, 0.1) is 5.69 Å². The van der Waals surface area contributed by atoms with Crippen molar-refractivity contribution in [2.45, 2.75) is 28.7 Å². The number of carboxylic acids is 1. The number of hydrogen-bond donors (Lipinski definition) is 3. The summed E-state index contributed by atoms with van der Waals surface area (Å²) in [4.78, 5) is 58.2. The van der Waals surface area contributed by atoms with Gasteiger partial charge in [0, 0.05) is 48.0 Å².